The Kier molecular flexibility index (Phi) is 7.28. The molecule has 1 saturated carbocycles. The molecule has 0 spiro atoms. The second-order valence-corrected chi connectivity index (χ2v) is 7.01. The molecule has 0 aromatic carbocycles. The number of nitrogens with one attached hydrogen (secondary N) is 1. The highest BCUT2D eigenvalue weighted by molar-refractivity contribution is 5.86. The van der Waals surface area contributed by atoms with Crippen molar-refractivity contribution in [2.45, 2.75) is 65.0 Å². The number of oxazole rings is 1. The van der Waals surface area contributed by atoms with Crippen molar-refractivity contribution in [2.24, 2.45) is 5.92 Å². The Morgan fingerprint density at radius 3 is 2.72 bits per heavy atom. The summed E-state index contributed by atoms with van der Waals surface area (Å²) >= 11 is 0. The third-order valence-corrected chi connectivity index (χ3v) is 4.47. The number of rotatable bonds is 7. The molecule has 140 valence electrons. The van der Waals surface area contributed by atoms with Gasteiger partial charge in [-0.05, 0) is 25.2 Å². The number of hydrogen-bond acceptors (Lipinski definition) is 5. The van der Waals surface area contributed by atoms with Crippen LogP contribution in [0, 0.1) is 5.92 Å². The van der Waals surface area contributed by atoms with Crippen molar-refractivity contribution < 1.29 is 18.7 Å². The van der Waals surface area contributed by atoms with Crippen molar-refractivity contribution in [1.29, 1.82) is 0 Å². The van der Waals surface area contributed by atoms with E-state index in [-0.39, 0.29) is 24.3 Å². The van der Waals surface area contributed by atoms with Gasteiger partial charge in [0.25, 0.3) is 0 Å². The van der Waals surface area contributed by atoms with E-state index in [2.05, 4.69) is 28.9 Å². The molecule has 1 aromatic rings. The second-order valence-electron chi connectivity index (χ2n) is 7.01. The van der Waals surface area contributed by atoms with E-state index in [4.69, 9.17) is 4.42 Å². The van der Waals surface area contributed by atoms with E-state index in [1.54, 1.807) is 4.90 Å². The predicted molar refractivity (Wildman–Crippen MR) is 93.1 cm³/mol. The highest BCUT2D eigenvalue weighted by Gasteiger charge is 2.22. The maximum Gasteiger partial charge on any atom is 0.360 e. The standard InChI is InChI=1S/C18H29N3O4/c1-13(2)9-10-21(18(23)19-14-7-5-4-6-8-14)11-16-20-15(12-25-16)17(22)24-3/h12-14H,4-11H2,1-3H3,(H,19,23). The Labute approximate surface area is 149 Å². The molecule has 0 aliphatic heterocycles. The zero-order valence-electron chi connectivity index (χ0n) is 15.4. The summed E-state index contributed by atoms with van der Waals surface area (Å²) in [4.78, 5) is 30.0. The molecule has 25 heavy (non-hydrogen) atoms. The van der Waals surface area contributed by atoms with Crippen molar-refractivity contribution in [3.63, 3.8) is 0 Å². The van der Waals surface area contributed by atoms with E-state index in [1.807, 2.05) is 0 Å². The fourth-order valence-electron chi connectivity index (χ4n) is 2.92. The van der Waals surface area contributed by atoms with E-state index < -0.39 is 5.97 Å². The van der Waals surface area contributed by atoms with Gasteiger partial charge in [-0.2, -0.15) is 0 Å². The normalized spacial score (nSPS) is 15.2. The molecule has 0 saturated heterocycles. The van der Waals surface area contributed by atoms with Gasteiger partial charge in [-0.15, -0.1) is 0 Å². The molecule has 7 nitrogen and oxygen atoms in total. The minimum absolute atomic E-state index is 0.0923. The zero-order valence-corrected chi connectivity index (χ0v) is 15.4. The number of ether oxygens (including phenoxy) is 1. The Balaban J connectivity index is 1.99. The molecule has 7 heteroatoms. The first kappa shape index (κ1) is 19.3. The smallest absolute Gasteiger partial charge is 0.360 e. The SMILES string of the molecule is COC(=O)c1coc(CN(CCC(C)C)C(=O)NC2CCCCC2)n1. The van der Waals surface area contributed by atoms with Crippen LogP contribution in [0.15, 0.2) is 10.7 Å². The molecule has 0 bridgehead atoms. The third kappa shape index (κ3) is 6.07. The van der Waals surface area contributed by atoms with Gasteiger partial charge >= 0.3 is 12.0 Å². The minimum Gasteiger partial charge on any atom is -0.464 e. The van der Waals surface area contributed by atoms with Gasteiger partial charge in [0.2, 0.25) is 5.89 Å². The molecule has 1 fully saturated rings. The number of hydrogen-bond donors (Lipinski definition) is 1. The van der Waals surface area contributed by atoms with Gasteiger partial charge in [0.05, 0.1) is 13.7 Å². The molecule has 1 heterocycles. The van der Waals surface area contributed by atoms with Crippen LogP contribution in [0.2, 0.25) is 0 Å². The summed E-state index contributed by atoms with van der Waals surface area (Å²) in [5, 5.41) is 3.13. The van der Waals surface area contributed by atoms with Gasteiger partial charge in [-0.25, -0.2) is 14.6 Å². The summed E-state index contributed by atoms with van der Waals surface area (Å²) in [7, 11) is 1.29. The third-order valence-electron chi connectivity index (χ3n) is 4.47. The summed E-state index contributed by atoms with van der Waals surface area (Å²) in [6.07, 6.45) is 7.81. The highest BCUT2D eigenvalue weighted by atomic mass is 16.5. The van der Waals surface area contributed by atoms with Crippen LogP contribution in [-0.2, 0) is 11.3 Å². The number of esters is 1. The van der Waals surface area contributed by atoms with Crippen molar-refractivity contribution >= 4 is 12.0 Å². The van der Waals surface area contributed by atoms with Crippen LogP contribution in [-0.4, -0.2) is 41.6 Å². The first-order chi connectivity index (χ1) is 12.0. The van der Waals surface area contributed by atoms with Crippen LogP contribution < -0.4 is 5.32 Å². The fraction of sp³-hybridized carbons (Fsp3) is 0.722. The van der Waals surface area contributed by atoms with Crippen molar-refractivity contribution in [2.75, 3.05) is 13.7 Å². The molecule has 1 aromatic heterocycles. The second kappa shape index (κ2) is 9.44. The average Bonchev–Trinajstić information content (AvgIpc) is 3.07. The molecule has 1 N–H and O–H groups in total. The van der Waals surface area contributed by atoms with E-state index in [1.165, 1.54) is 32.6 Å². The van der Waals surface area contributed by atoms with E-state index in [9.17, 15) is 9.59 Å². The van der Waals surface area contributed by atoms with Crippen LogP contribution in [0.3, 0.4) is 0 Å². The summed E-state index contributed by atoms with van der Waals surface area (Å²) in [6, 6.07) is 0.156. The van der Waals surface area contributed by atoms with Gasteiger partial charge in [-0.3, -0.25) is 0 Å². The Hall–Kier alpha value is -2.05. The van der Waals surface area contributed by atoms with Crippen LogP contribution in [0.25, 0.3) is 0 Å². The number of nitrogens with zero attached hydrogens (tertiary/aromatic N) is 2. The first-order valence-corrected chi connectivity index (χ1v) is 9.07. The number of aromatic nitrogens is 1. The van der Waals surface area contributed by atoms with Crippen molar-refractivity contribution in [3.8, 4) is 0 Å². The number of methoxy groups -OCH3 is 1. The summed E-state index contributed by atoms with van der Waals surface area (Å²) in [5.41, 5.74) is 0.119. The number of urea groups is 1. The zero-order chi connectivity index (χ0) is 18.2. The molecular formula is C18H29N3O4. The van der Waals surface area contributed by atoms with Gasteiger partial charge in [0, 0.05) is 12.6 Å². The lowest BCUT2D eigenvalue weighted by Gasteiger charge is -2.28. The molecule has 0 radical (unpaired) electrons. The molecule has 1 aliphatic rings. The van der Waals surface area contributed by atoms with Gasteiger partial charge in [-0.1, -0.05) is 33.1 Å². The topological polar surface area (TPSA) is 84.7 Å². The van der Waals surface area contributed by atoms with E-state index in [0.29, 0.717) is 18.4 Å². The Morgan fingerprint density at radius 2 is 2.08 bits per heavy atom. The van der Waals surface area contributed by atoms with Crippen molar-refractivity contribution in [3.05, 3.63) is 17.8 Å². The lowest BCUT2D eigenvalue weighted by molar-refractivity contribution is 0.0594. The number of amides is 2. The summed E-state index contributed by atoms with van der Waals surface area (Å²) < 4.78 is 9.96. The van der Waals surface area contributed by atoms with Crippen LogP contribution in [0.1, 0.15) is 68.8 Å². The Bertz CT molecular complexity index is 564. The molecule has 0 unspecified atom stereocenters. The summed E-state index contributed by atoms with van der Waals surface area (Å²) in [5.74, 6) is 0.276. The molecule has 0 atom stereocenters. The molecule has 2 rings (SSSR count). The lowest BCUT2D eigenvalue weighted by Crippen LogP contribution is -2.45. The molecule has 1 aliphatic carbocycles. The van der Waals surface area contributed by atoms with Crippen LogP contribution in [0.4, 0.5) is 4.79 Å². The lowest BCUT2D eigenvalue weighted by atomic mass is 9.96. The average molecular weight is 351 g/mol. The van der Waals surface area contributed by atoms with Crippen molar-refractivity contribution in [1.82, 2.24) is 15.2 Å². The summed E-state index contributed by atoms with van der Waals surface area (Å²) in [6.45, 7) is 5.10. The fourth-order valence-corrected chi connectivity index (χ4v) is 2.92. The van der Waals surface area contributed by atoms with Gasteiger partial charge < -0.3 is 19.4 Å². The first-order valence-electron chi connectivity index (χ1n) is 9.07. The predicted octanol–water partition coefficient (Wildman–Crippen LogP) is 3.35. The number of carbonyl (C=O) groups is 2. The van der Waals surface area contributed by atoms with Gasteiger partial charge in [0.15, 0.2) is 5.69 Å². The monoisotopic (exact) mass is 351 g/mol. The quantitative estimate of drug-likeness (QED) is 0.762. The van der Waals surface area contributed by atoms with Gasteiger partial charge in [0.1, 0.15) is 6.26 Å². The largest absolute Gasteiger partial charge is 0.464 e. The maximum absolute atomic E-state index is 12.7. The van der Waals surface area contributed by atoms with E-state index >= 15 is 0 Å². The minimum atomic E-state index is -0.546. The highest BCUT2D eigenvalue weighted by Crippen LogP contribution is 2.18. The molecular weight excluding hydrogens is 322 g/mol. The Morgan fingerprint density at radius 1 is 1.36 bits per heavy atom. The molecule has 2 amide bonds. The van der Waals surface area contributed by atoms with Crippen LogP contribution in [0.5, 0.6) is 0 Å². The maximum atomic E-state index is 12.7. The van der Waals surface area contributed by atoms with E-state index in [0.717, 1.165) is 19.3 Å². The number of carbonyl (C=O) groups excluding carboxylic acids is 2. The van der Waals surface area contributed by atoms with Crippen LogP contribution >= 0.6 is 0 Å².